The zero-order valence-corrected chi connectivity index (χ0v) is 12.4. The van der Waals surface area contributed by atoms with E-state index >= 15 is 0 Å². The predicted octanol–water partition coefficient (Wildman–Crippen LogP) is 2.36. The fraction of sp³-hybridized carbons (Fsp3) is 0.235. The van der Waals surface area contributed by atoms with Crippen LogP contribution in [-0.2, 0) is 4.74 Å². The Morgan fingerprint density at radius 3 is 2.65 bits per heavy atom. The van der Waals surface area contributed by atoms with Gasteiger partial charge in [0.05, 0.1) is 13.2 Å². The summed E-state index contributed by atoms with van der Waals surface area (Å²) in [4.78, 5) is 22.8. The van der Waals surface area contributed by atoms with E-state index in [1.165, 1.54) is 0 Å². The van der Waals surface area contributed by atoms with Gasteiger partial charge in [0.2, 0.25) is 5.89 Å². The van der Waals surface area contributed by atoms with Gasteiger partial charge in [0.25, 0.3) is 5.91 Å². The minimum atomic E-state index is -0.00272. The smallest absolute Gasteiger partial charge is 0.254 e. The Bertz CT molecular complexity index is 839. The lowest BCUT2D eigenvalue weighted by Crippen LogP contribution is -2.40. The lowest BCUT2D eigenvalue weighted by molar-refractivity contribution is 0.0303. The van der Waals surface area contributed by atoms with Crippen LogP contribution in [0.25, 0.3) is 22.6 Å². The molecule has 0 bridgehead atoms. The predicted molar refractivity (Wildman–Crippen MR) is 84.0 cm³/mol. The molecule has 1 aromatic carbocycles. The van der Waals surface area contributed by atoms with Gasteiger partial charge >= 0.3 is 0 Å². The molecule has 2 aromatic heterocycles. The summed E-state index contributed by atoms with van der Waals surface area (Å²) in [6.07, 6.45) is 3.38. The molecule has 4 rings (SSSR count). The van der Waals surface area contributed by atoms with Gasteiger partial charge in [-0.1, -0.05) is 0 Å². The number of hydrogen-bond acceptors (Lipinski definition) is 5. The number of benzene rings is 1. The minimum absolute atomic E-state index is 0.00272. The van der Waals surface area contributed by atoms with E-state index in [1.54, 1.807) is 29.4 Å². The maximum atomic E-state index is 12.5. The molecule has 0 N–H and O–H groups in total. The SMILES string of the molecule is O=C(c1ccc2nc(-c3ccncc3)oc2c1)N1CCOCC1. The van der Waals surface area contributed by atoms with Crippen LogP contribution < -0.4 is 0 Å². The van der Waals surface area contributed by atoms with E-state index in [2.05, 4.69) is 9.97 Å². The summed E-state index contributed by atoms with van der Waals surface area (Å²) in [6, 6.07) is 9.04. The third-order valence-electron chi connectivity index (χ3n) is 3.86. The molecule has 1 aliphatic heterocycles. The van der Waals surface area contributed by atoms with Crippen LogP contribution in [-0.4, -0.2) is 47.1 Å². The van der Waals surface area contributed by atoms with E-state index < -0.39 is 0 Å². The van der Waals surface area contributed by atoms with Crippen molar-refractivity contribution in [1.29, 1.82) is 0 Å². The summed E-state index contributed by atoms with van der Waals surface area (Å²) < 4.78 is 11.1. The molecule has 0 atom stereocenters. The molecule has 0 radical (unpaired) electrons. The van der Waals surface area contributed by atoms with Gasteiger partial charge < -0.3 is 14.1 Å². The molecule has 3 aromatic rings. The molecule has 1 saturated heterocycles. The Balaban J connectivity index is 1.66. The molecule has 6 nitrogen and oxygen atoms in total. The topological polar surface area (TPSA) is 68.5 Å². The first-order chi connectivity index (χ1) is 11.3. The van der Waals surface area contributed by atoms with E-state index in [-0.39, 0.29) is 5.91 Å². The van der Waals surface area contributed by atoms with Crippen molar-refractivity contribution in [3.8, 4) is 11.5 Å². The Hall–Kier alpha value is -2.73. The number of carbonyl (C=O) groups excluding carboxylic acids is 1. The lowest BCUT2D eigenvalue weighted by atomic mass is 10.1. The highest BCUT2D eigenvalue weighted by atomic mass is 16.5. The maximum Gasteiger partial charge on any atom is 0.254 e. The molecule has 23 heavy (non-hydrogen) atoms. The van der Waals surface area contributed by atoms with Gasteiger partial charge in [-0.3, -0.25) is 9.78 Å². The summed E-state index contributed by atoms with van der Waals surface area (Å²) in [5, 5.41) is 0. The van der Waals surface area contributed by atoms with E-state index in [0.29, 0.717) is 43.3 Å². The number of pyridine rings is 1. The standard InChI is InChI=1S/C17H15N3O3/c21-17(20-7-9-22-10-8-20)13-1-2-14-15(11-13)23-16(19-14)12-3-5-18-6-4-12/h1-6,11H,7-10H2. The second kappa shape index (κ2) is 5.81. The number of fused-ring (bicyclic) bond motifs is 1. The molecule has 0 saturated carbocycles. The zero-order chi connectivity index (χ0) is 15.6. The first-order valence-corrected chi connectivity index (χ1v) is 7.49. The van der Waals surface area contributed by atoms with Crippen molar-refractivity contribution in [2.45, 2.75) is 0 Å². The van der Waals surface area contributed by atoms with E-state index in [1.807, 2.05) is 18.2 Å². The molecular weight excluding hydrogens is 294 g/mol. The molecule has 0 aliphatic carbocycles. The van der Waals surface area contributed by atoms with Crippen molar-refractivity contribution >= 4 is 17.0 Å². The Morgan fingerprint density at radius 2 is 1.87 bits per heavy atom. The number of rotatable bonds is 2. The summed E-state index contributed by atoms with van der Waals surface area (Å²) >= 11 is 0. The molecule has 1 amide bonds. The van der Waals surface area contributed by atoms with Crippen LogP contribution >= 0.6 is 0 Å². The molecule has 1 aliphatic rings. The number of nitrogens with zero attached hydrogens (tertiary/aromatic N) is 3. The van der Waals surface area contributed by atoms with E-state index in [9.17, 15) is 4.79 Å². The number of ether oxygens (including phenoxy) is 1. The number of morpholine rings is 1. The fourth-order valence-electron chi connectivity index (χ4n) is 2.62. The highest BCUT2D eigenvalue weighted by molar-refractivity contribution is 5.97. The van der Waals surface area contributed by atoms with Gasteiger partial charge in [0.1, 0.15) is 5.52 Å². The van der Waals surface area contributed by atoms with Crippen molar-refractivity contribution in [2.75, 3.05) is 26.3 Å². The van der Waals surface area contributed by atoms with Crippen molar-refractivity contribution in [3.05, 3.63) is 48.3 Å². The van der Waals surface area contributed by atoms with E-state index in [4.69, 9.17) is 9.15 Å². The van der Waals surface area contributed by atoms with Gasteiger partial charge in [-0.2, -0.15) is 0 Å². The molecule has 1 fully saturated rings. The van der Waals surface area contributed by atoms with Crippen LogP contribution in [0.4, 0.5) is 0 Å². The molecule has 0 unspecified atom stereocenters. The van der Waals surface area contributed by atoms with Gasteiger partial charge in [0, 0.05) is 36.6 Å². The first kappa shape index (κ1) is 13.9. The molecule has 6 heteroatoms. The Kier molecular flexibility index (Phi) is 3.51. The zero-order valence-electron chi connectivity index (χ0n) is 12.4. The number of amides is 1. The number of carbonyl (C=O) groups is 1. The summed E-state index contributed by atoms with van der Waals surface area (Å²) in [6.45, 7) is 2.41. The summed E-state index contributed by atoms with van der Waals surface area (Å²) in [5.74, 6) is 0.524. The molecule has 3 heterocycles. The van der Waals surface area contributed by atoms with Gasteiger partial charge in [-0.25, -0.2) is 4.98 Å². The van der Waals surface area contributed by atoms with Crippen LogP contribution in [0.5, 0.6) is 0 Å². The van der Waals surface area contributed by atoms with Gasteiger partial charge in [0.15, 0.2) is 5.58 Å². The van der Waals surface area contributed by atoms with Crippen molar-refractivity contribution in [2.24, 2.45) is 0 Å². The average molecular weight is 309 g/mol. The van der Waals surface area contributed by atoms with Crippen LogP contribution in [0.3, 0.4) is 0 Å². The highest BCUT2D eigenvalue weighted by Gasteiger charge is 2.19. The fourth-order valence-corrected chi connectivity index (χ4v) is 2.62. The van der Waals surface area contributed by atoms with Gasteiger partial charge in [-0.05, 0) is 30.3 Å². The van der Waals surface area contributed by atoms with Crippen molar-refractivity contribution in [3.63, 3.8) is 0 Å². The van der Waals surface area contributed by atoms with Gasteiger partial charge in [-0.15, -0.1) is 0 Å². The highest BCUT2D eigenvalue weighted by Crippen LogP contribution is 2.25. The quantitative estimate of drug-likeness (QED) is 0.727. The lowest BCUT2D eigenvalue weighted by Gasteiger charge is -2.26. The third-order valence-corrected chi connectivity index (χ3v) is 3.86. The number of hydrogen-bond donors (Lipinski definition) is 0. The van der Waals surface area contributed by atoms with Crippen molar-refractivity contribution < 1.29 is 13.9 Å². The van der Waals surface area contributed by atoms with Crippen LogP contribution in [0.1, 0.15) is 10.4 Å². The summed E-state index contributed by atoms with van der Waals surface area (Å²) in [5.41, 5.74) is 2.81. The third kappa shape index (κ3) is 2.68. The monoisotopic (exact) mass is 309 g/mol. The normalized spacial score (nSPS) is 15.0. The Labute approximate surface area is 132 Å². The van der Waals surface area contributed by atoms with E-state index in [0.717, 1.165) is 11.1 Å². The Morgan fingerprint density at radius 1 is 1.09 bits per heavy atom. The van der Waals surface area contributed by atoms with Crippen LogP contribution in [0.15, 0.2) is 47.1 Å². The first-order valence-electron chi connectivity index (χ1n) is 7.49. The molecule has 116 valence electrons. The van der Waals surface area contributed by atoms with Crippen molar-refractivity contribution in [1.82, 2.24) is 14.9 Å². The minimum Gasteiger partial charge on any atom is -0.436 e. The molecule has 0 spiro atoms. The van der Waals surface area contributed by atoms with Crippen LogP contribution in [0, 0.1) is 0 Å². The van der Waals surface area contributed by atoms with Crippen LogP contribution in [0.2, 0.25) is 0 Å². The number of oxazole rings is 1. The largest absolute Gasteiger partial charge is 0.436 e. The second-order valence-corrected chi connectivity index (χ2v) is 5.34. The second-order valence-electron chi connectivity index (χ2n) is 5.34. The summed E-state index contributed by atoms with van der Waals surface area (Å²) in [7, 11) is 0. The average Bonchev–Trinajstić information content (AvgIpc) is 3.06. The maximum absolute atomic E-state index is 12.5. The molecular formula is C17H15N3O3. The number of aromatic nitrogens is 2.